The second-order valence-electron chi connectivity index (χ2n) is 11.7. The Morgan fingerprint density at radius 3 is 2.38 bits per heavy atom. The number of sulfonamides is 1. The van der Waals surface area contributed by atoms with Crippen molar-refractivity contribution in [2.24, 2.45) is 11.1 Å². The molecule has 0 spiro atoms. The molecule has 0 radical (unpaired) electrons. The number of amides is 2. The Bertz CT molecular complexity index is 1360. The monoisotopic (exact) mass is 554 g/mol. The molecule has 3 fully saturated rings. The average Bonchev–Trinajstić information content (AvgIpc) is 3.70. The van der Waals surface area contributed by atoms with Crippen molar-refractivity contribution in [1.29, 1.82) is 0 Å². The molecule has 39 heavy (non-hydrogen) atoms. The first-order valence-electron chi connectivity index (χ1n) is 13.9. The predicted molar refractivity (Wildman–Crippen MR) is 148 cm³/mol. The van der Waals surface area contributed by atoms with Crippen molar-refractivity contribution in [3.05, 3.63) is 47.5 Å². The van der Waals surface area contributed by atoms with Crippen molar-refractivity contribution in [3.63, 3.8) is 0 Å². The zero-order chi connectivity index (χ0) is 27.8. The first-order chi connectivity index (χ1) is 18.5. The fourth-order valence-corrected chi connectivity index (χ4v) is 6.66. The van der Waals surface area contributed by atoms with Crippen LogP contribution in [0.15, 0.2) is 41.4 Å². The van der Waals surface area contributed by atoms with Gasteiger partial charge in [-0.15, -0.1) is 0 Å². The van der Waals surface area contributed by atoms with Gasteiger partial charge in [0, 0.05) is 31.3 Å². The number of ether oxygens (including phenoxy) is 1. The van der Waals surface area contributed by atoms with E-state index in [1.807, 2.05) is 24.8 Å². The summed E-state index contributed by atoms with van der Waals surface area (Å²) in [6.07, 6.45) is 7.78. The number of aryl methyl sites for hydroxylation is 1. The molecule has 5 rings (SSSR count). The Kier molecular flexibility index (Phi) is 7.35. The molecular formula is C29H38N4O5S. The summed E-state index contributed by atoms with van der Waals surface area (Å²) in [6, 6.07) is 10.8. The number of carbonyl (C=O) groups excluding carboxylic acids is 2. The maximum absolute atomic E-state index is 13.3. The van der Waals surface area contributed by atoms with Gasteiger partial charge in [0.2, 0.25) is 5.91 Å². The number of nitrogens with zero attached hydrogens (tertiary/aromatic N) is 2. The first-order valence-corrected chi connectivity index (χ1v) is 15.4. The van der Waals surface area contributed by atoms with Crippen LogP contribution in [-0.4, -0.2) is 43.9 Å². The lowest BCUT2D eigenvalue weighted by molar-refractivity contribution is -0.128. The van der Waals surface area contributed by atoms with E-state index in [0.29, 0.717) is 56.3 Å². The van der Waals surface area contributed by atoms with Gasteiger partial charge in [0.05, 0.1) is 0 Å². The number of rotatable bonds is 8. The SMILES string of the molecule is Cc1ccc(C2CCCCC2)c(OC2(C(=O)NS(=O)(=O)c3cccc(N4CCC(C)(C(N)=O)CC4)n3)CC2)c1. The van der Waals surface area contributed by atoms with Gasteiger partial charge in [-0.2, -0.15) is 8.42 Å². The largest absolute Gasteiger partial charge is 0.477 e. The summed E-state index contributed by atoms with van der Waals surface area (Å²) >= 11 is 0. The quantitative estimate of drug-likeness (QED) is 0.505. The molecule has 1 aromatic heterocycles. The number of primary amides is 1. The molecule has 0 unspecified atom stereocenters. The van der Waals surface area contributed by atoms with E-state index in [4.69, 9.17) is 10.5 Å². The Morgan fingerprint density at radius 2 is 1.74 bits per heavy atom. The second kappa shape index (κ2) is 10.4. The lowest BCUT2D eigenvalue weighted by Gasteiger charge is -2.37. The highest BCUT2D eigenvalue weighted by Gasteiger charge is 2.54. The molecule has 2 aliphatic carbocycles. The van der Waals surface area contributed by atoms with Gasteiger partial charge in [-0.05, 0) is 67.9 Å². The fourth-order valence-electron chi connectivity index (χ4n) is 5.65. The topological polar surface area (TPSA) is 132 Å². The highest BCUT2D eigenvalue weighted by molar-refractivity contribution is 7.90. The Morgan fingerprint density at radius 1 is 1.05 bits per heavy atom. The predicted octanol–water partition coefficient (Wildman–Crippen LogP) is 3.95. The molecule has 1 saturated heterocycles. The summed E-state index contributed by atoms with van der Waals surface area (Å²) in [7, 11) is -4.22. The third-order valence-electron chi connectivity index (χ3n) is 8.63. The van der Waals surface area contributed by atoms with Gasteiger partial charge in [-0.1, -0.05) is 44.4 Å². The van der Waals surface area contributed by atoms with Crippen LogP contribution in [0.2, 0.25) is 0 Å². The molecule has 210 valence electrons. The van der Waals surface area contributed by atoms with Crippen LogP contribution < -0.4 is 20.1 Å². The van der Waals surface area contributed by atoms with Crippen molar-refractivity contribution in [2.45, 2.75) is 88.2 Å². The maximum Gasteiger partial charge on any atom is 0.281 e. The molecule has 3 N–H and O–H groups in total. The molecular weight excluding hydrogens is 516 g/mol. The third-order valence-corrected chi connectivity index (χ3v) is 9.87. The molecule has 9 nitrogen and oxygen atoms in total. The van der Waals surface area contributed by atoms with Crippen LogP contribution in [0.5, 0.6) is 5.75 Å². The van der Waals surface area contributed by atoms with E-state index in [-0.39, 0.29) is 10.9 Å². The minimum atomic E-state index is -4.22. The molecule has 2 aromatic rings. The van der Waals surface area contributed by atoms with Crippen molar-refractivity contribution in [1.82, 2.24) is 9.71 Å². The summed E-state index contributed by atoms with van der Waals surface area (Å²) in [4.78, 5) is 31.4. The number of carbonyl (C=O) groups is 2. The number of benzene rings is 1. The van der Waals surface area contributed by atoms with E-state index in [9.17, 15) is 18.0 Å². The second-order valence-corrected chi connectivity index (χ2v) is 13.3. The molecule has 1 aromatic carbocycles. The molecule has 10 heteroatoms. The number of anilines is 1. The lowest BCUT2D eigenvalue weighted by Crippen LogP contribution is -2.46. The van der Waals surface area contributed by atoms with Gasteiger partial charge in [0.1, 0.15) is 11.6 Å². The Balaban J connectivity index is 1.30. The molecule has 3 aliphatic rings. The fraction of sp³-hybridized carbons (Fsp3) is 0.552. The summed E-state index contributed by atoms with van der Waals surface area (Å²) in [5, 5.41) is -0.231. The minimum Gasteiger partial charge on any atom is -0.477 e. The van der Waals surface area contributed by atoms with Crippen molar-refractivity contribution < 1.29 is 22.7 Å². The number of nitrogens with two attached hydrogens (primary N) is 1. The first kappa shape index (κ1) is 27.4. The van der Waals surface area contributed by atoms with Gasteiger partial charge in [-0.3, -0.25) is 9.59 Å². The smallest absolute Gasteiger partial charge is 0.281 e. The highest BCUT2D eigenvalue weighted by atomic mass is 32.2. The summed E-state index contributed by atoms with van der Waals surface area (Å²) in [5.74, 6) is 0.550. The Hall–Kier alpha value is -3.14. The minimum absolute atomic E-state index is 0.231. The van der Waals surface area contributed by atoms with E-state index in [1.54, 1.807) is 12.1 Å². The van der Waals surface area contributed by atoms with E-state index in [2.05, 4.69) is 21.8 Å². The van der Waals surface area contributed by atoms with Crippen LogP contribution in [-0.2, 0) is 19.6 Å². The van der Waals surface area contributed by atoms with Crippen molar-refractivity contribution >= 4 is 27.7 Å². The van der Waals surface area contributed by atoms with Gasteiger partial charge in [0.25, 0.3) is 15.9 Å². The molecule has 2 amide bonds. The van der Waals surface area contributed by atoms with Crippen LogP contribution in [0.3, 0.4) is 0 Å². The van der Waals surface area contributed by atoms with Crippen molar-refractivity contribution in [3.8, 4) is 5.75 Å². The van der Waals surface area contributed by atoms with E-state index >= 15 is 0 Å². The number of aromatic nitrogens is 1. The average molecular weight is 555 g/mol. The molecule has 2 saturated carbocycles. The standard InChI is InChI=1S/C29H38N4O5S/c1-20-11-12-22(21-7-4-3-5-8-21)23(19-20)38-29(13-14-29)27(35)32-39(36,37)25-10-6-9-24(31-25)33-17-15-28(2,16-18-33)26(30)34/h6,9-12,19,21H,3-5,7-8,13-18H2,1-2H3,(H2,30,34)(H,32,35). The highest BCUT2D eigenvalue weighted by Crippen LogP contribution is 2.45. The molecule has 1 aliphatic heterocycles. The summed E-state index contributed by atoms with van der Waals surface area (Å²) < 4.78 is 35.0. The van der Waals surface area contributed by atoms with Gasteiger partial charge in [-0.25, -0.2) is 9.71 Å². The zero-order valence-corrected chi connectivity index (χ0v) is 23.6. The van der Waals surface area contributed by atoms with Crippen LogP contribution in [0.1, 0.15) is 81.8 Å². The Labute approximate surface area is 230 Å². The van der Waals surface area contributed by atoms with Gasteiger partial charge < -0.3 is 15.4 Å². The van der Waals surface area contributed by atoms with Gasteiger partial charge in [0.15, 0.2) is 10.6 Å². The number of piperidine rings is 1. The number of nitrogens with one attached hydrogen (secondary N) is 1. The van der Waals surface area contributed by atoms with Crippen LogP contribution in [0.25, 0.3) is 0 Å². The molecule has 0 atom stereocenters. The normalized spacial score (nSPS) is 20.7. The number of pyridine rings is 1. The maximum atomic E-state index is 13.3. The van der Waals surface area contributed by atoms with Crippen LogP contribution in [0.4, 0.5) is 5.82 Å². The van der Waals surface area contributed by atoms with E-state index in [0.717, 1.165) is 24.0 Å². The summed E-state index contributed by atoms with van der Waals surface area (Å²) in [6.45, 7) is 4.89. The lowest BCUT2D eigenvalue weighted by atomic mass is 9.80. The van der Waals surface area contributed by atoms with Crippen molar-refractivity contribution in [2.75, 3.05) is 18.0 Å². The van der Waals surface area contributed by atoms with E-state index < -0.39 is 26.9 Å². The zero-order valence-electron chi connectivity index (χ0n) is 22.7. The van der Waals surface area contributed by atoms with Crippen LogP contribution in [0, 0.1) is 12.3 Å². The third kappa shape index (κ3) is 5.76. The molecule has 0 bridgehead atoms. The van der Waals surface area contributed by atoms with Gasteiger partial charge >= 0.3 is 0 Å². The number of hydrogen-bond acceptors (Lipinski definition) is 7. The number of hydrogen-bond donors (Lipinski definition) is 2. The summed E-state index contributed by atoms with van der Waals surface area (Å²) in [5.41, 5.74) is 5.90. The van der Waals surface area contributed by atoms with Crippen LogP contribution >= 0.6 is 0 Å². The molecule has 2 heterocycles. The van der Waals surface area contributed by atoms with E-state index in [1.165, 1.54) is 25.3 Å².